The number of hydrogen-bond acceptors (Lipinski definition) is 3. The van der Waals surface area contributed by atoms with E-state index in [1.165, 1.54) is 5.56 Å². The van der Waals surface area contributed by atoms with Gasteiger partial charge in [0.1, 0.15) is 0 Å². The molecule has 0 atom stereocenters. The SMILES string of the molecule is NC(=NCc1cc(Cl)c2c(c1)OCCCO2)NCCc1ccccc1. The van der Waals surface area contributed by atoms with Crippen molar-refractivity contribution in [2.75, 3.05) is 19.8 Å². The lowest BCUT2D eigenvalue weighted by Crippen LogP contribution is -2.33. The minimum atomic E-state index is 0.416. The molecule has 5 nitrogen and oxygen atoms in total. The topological polar surface area (TPSA) is 68.9 Å². The van der Waals surface area contributed by atoms with Crippen LogP contribution >= 0.6 is 11.6 Å². The molecule has 0 aromatic heterocycles. The van der Waals surface area contributed by atoms with Crippen molar-refractivity contribution in [2.24, 2.45) is 10.7 Å². The molecule has 0 spiro atoms. The summed E-state index contributed by atoms with van der Waals surface area (Å²) in [6.07, 6.45) is 1.74. The second-order valence-corrected chi connectivity index (χ2v) is 6.23. The van der Waals surface area contributed by atoms with Crippen LogP contribution < -0.4 is 20.5 Å². The summed E-state index contributed by atoms with van der Waals surface area (Å²) in [7, 11) is 0. The molecule has 132 valence electrons. The maximum Gasteiger partial charge on any atom is 0.188 e. The highest BCUT2D eigenvalue weighted by molar-refractivity contribution is 6.32. The van der Waals surface area contributed by atoms with E-state index in [9.17, 15) is 0 Å². The van der Waals surface area contributed by atoms with Gasteiger partial charge in [-0.2, -0.15) is 0 Å². The first kappa shape index (κ1) is 17.4. The number of nitrogens with one attached hydrogen (secondary N) is 1. The maximum absolute atomic E-state index is 6.29. The van der Waals surface area contributed by atoms with Gasteiger partial charge >= 0.3 is 0 Å². The largest absolute Gasteiger partial charge is 0.489 e. The van der Waals surface area contributed by atoms with Crippen LogP contribution in [-0.2, 0) is 13.0 Å². The molecule has 1 aliphatic heterocycles. The number of aliphatic imine (C=N–C) groups is 1. The summed E-state index contributed by atoms with van der Waals surface area (Å²) in [4.78, 5) is 4.37. The van der Waals surface area contributed by atoms with Crippen molar-refractivity contribution in [3.8, 4) is 11.5 Å². The van der Waals surface area contributed by atoms with Gasteiger partial charge in [-0.3, -0.25) is 0 Å². The number of halogens is 1. The van der Waals surface area contributed by atoms with Gasteiger partial charge < -0.3 is 20.5 Å². The zero-order valence-corrected chi connectivity index (χ0v) is 14.8. The Morgan fingerprint density at radius 1 is 1.12 bits per heavy atom. The normalized spacial score (nSPS) is 14.0. The molecular weight excluding hydrogens is 338 g/mol. The van der Waals surface area contributed by atoms with Crippen LogP contribution in [0.4, 0.5) is 0 Å². The highest BCUT2D eigenvalue weighted by Gasteiger charge is 2.15. The number of hydrogen-bond donors (Lipinski definition) is 2. The second-order valence-electron chi connectivity index (χ2n) is 5.82. The molecule has 0 radical (unpaired) electrons. The molecule has 25 heavy (non-hydrogen) atoms. The van der Waals surface area contributed by atoms with E-state index in [-0.39, 0.29) is 0 Å². The number of benzene rings is 2. The fourth-order valence-electron chi connectivity index (χ4n) is 2.59. The minimum Gasteiger partial charge on any atom is -0.489 e. The summed E-state index contributed by atoms with van der Waals surface area (Å²) in [6, 6.07) is 14.0. The van der Waals surface area contributed by atoms with Crippen LogP contribution in [0.25, 0.3) is 0 Å². The number of nitrogens with two attached hydrogens (primary N) is 1. The van der Waals surface area contributed by atoms with E-state index in [2.05, 4.69) is 22.4 Å². The van der Waals surface area contributed by atoms with E-state index in [1.54, 1.807) is 0 Å². The lowest BCUT2D eigenvalue weighted by molar-refractivity contribution is 0.297. The molecule has 0 saturated carbocycles. The minimum absolute atomic E-state index is 0.416. The molecule has 3 rings (SSSR count). The Balaban J connectivity index is 1.55. The van der Waals surface area contributed by atoms with Crippen LogP contribution in [-0.4, -0.2) is 25.7 Å². The molecule has 2 aromatic rings. The summed E-state index contributed by atoms with van der Waals surface area (Å²) < 4.78 is 11.3. The standard InChI is InChI=1S/C19H22ClN3O2/c20-16-11-15(12-17-18(16)25-10-4-9-24-17)13-23-19(21)22-8-7-14-5-2-1-3-6-14/h1-3,5-6,11-12H,4,7-10,13H2,(H3,21,22,23). The molecule has 1 aliphatic rings. The van der Waals surface area contributed by atoms with Crippen molar-refractivity contribution >= 4 is 17.6 Å². The van der Waals surface area contributed by atoms with Crippen LogP contribution in [0.2, 0.25) is 5.02 Å². The quantitative estimate of drug-likeness (QED) is 0.635. The number of nitrogens with zero attached hydrogens (tertiary/aromatic N) is 1. The average molecular weight is 360 g/mol. The first-order chi connectivity index (χ1) is 12.2. The van der Waals surface area contributed by atoms with E-state index in [4.69, 9.17) is 26.8 Å². The van der Waals surface area contributed by atoms with Gasteiger partial charge in [-0.25, -0.2) is 4.99 Å². The van der Waals surface area contributed by atoms with Gasteiger partial charge in [-0.05, 0) is 29.7 Å². The summed E-state index contributed by atoms with van der Waals surface area (Å²) in [5.74, 6) is 1.70. The van der Waals surface area contributed by atoms with E-state index in [0.717, 1.165) is 24.9 Å². The predicted octanol–water partition coefficient (Wildman–Crippen LogP) is 3.15. The Kier molecular flexibility index (Phi) is 6.01. The molecule has 6 heteroatoms. The van der Waals surface area contributed by atoms with Gasteiger partial charge in [0, 0.05) is 13.0 Å². The summed E-state index contributed by atoms with van der Waals surface area (Å²) >= 11 is 6.29. The predicted molar refractivity (Wildman–Crippen MR) is 101 cm³/mol. The Labute approximate surface area is 152 Å². The Morgan fingerprint density at radius 2 is 1.92 bits per heavy atom. The highest BCUT2D eigenvalue weighted by atomic mass is 35.5. The third kappa shape index (κ3) is 5.03. The van der Waals surface area contributed by atoms with E-state index in [0.29, 0.717) is 42.2 Å². The van der Waals surface area contributed by atoms with Crippen molar-refractivity contribution in [3.05, 3.63) is 58.6 Å². The van der Waals surface area contributed by atoms with Crippen molar-refractivity contribution < 1.29 is 9.47 Å². The van der Waals surface area contributed by atoms with E-state index < -0.39 is 0 Å². The molecule has 0 unspecified atom stereocenters. The molecule has 2 aromatic carbocycles. The van der Waals surface area contributed by atoms with Crippen LogP contribution in [0.1, 0.15) is 17.5 Å². The first-order valence-electron chi connectivity index (χ1n) is 8.38. The van der Waals surface area contributed by atoms with Crippen molar-refractivity contribution in [1.29, 1.82) is 0 Å². The fourth-order valence-corrected chi connectivity index (χ4v) is 2.88. The molecule has 0 fully saturated rings. The van der Waals surface area contributed by atoms with Gasteiger partial charge in [-0.1, -0.05) is 41.9 Å². The van der Waals surface area contributed by atoms with Crippen LogP contribution in [0.3, 0.4) is 0 Å². The number of ether oxygens (including phenoxy) is 2. The maximum atomic E-state index is 6.29. The van der Waals surface area contributed by atoms with Gasteiger partial charge in [0.05, 0.1) is 24.8 Å². The third-order valence-corrected chi connectivity index (χ3v) is 4.14. The van der Waals surface area contributed by atoms with Gasteiger partial charge in [-0.15, -0.1) is 0 Å². The first-order valence-corrected chi connectivity index (χ1v) is 8.76. The van der Waals surface area contributed by atoms with Gasteiger partial charge in [0.15, 0.2) is 17.5 Å². The molecular formula is C19H22ClN3O2. The zero-order chi connectivity index (χ0) is 17.5. The monoisotopic (exact) mass is 359 g/mol. The molecule has 0 bridgehead atoms. The van der Waals surface area contributed by atoms with Crippen molar-refractivity contribution in [3.63, 3.8) is 0 Å². The zero-order valence-electron chi connectivity index (χ0n) is 14.0. The molecule has 1 heterocycles. The highest BCUT2D eigenvalue weighted by Crippen LogP contribution is 2.38. The molecule has 0 aliphatic carbocycles. The molecule has 3 N–H and O–H groups in total. The van der Waals surface area contributed by atoms with Crippen LogP contribution in [0.5, 0.6) is 11.5 Å². The smallest absolute Gasteiger partial charge is 0.188 e. The number of guanidine groups is 1. The fraction of sp³-hybridized carbons (Fsp3) is 0.316. The van der Waals surface area contributed by atoms with Crippen molar-refractivity contribution in [1.82, 2.24) is 5.32 Å². The molecule has 0 saturated heterocycles. The van der Waals surface area contributed by atoms with E-state index >= 15 is 0 Å². The average Bonchev–Trinajstić information content (AvgIpc) is 2.87. The third-order valence-electron chi connectivity index (χ3n) is 3.86. The van der Waals surface area contributed by atoms with Gasteiger partial charge in [0.25, 0.3) is 0 Å². The lowest BCUT2D eigenvalue weighted by atomic mass is 10.1. The van der Waals surface area contributed by atoms with Crippen LogP contribution in [0.15, 0.2) is 47.5 Å². The number of fused-ring (bicyclic) bond motifs is 1. The Morgan fingerprint density at radius 3 is 2.76 bits per heavy atom. The Bertz CT molecular complexity index is 735. The summed E-state index contributed by atoms with van der Waals surface area (Å²) in [6.45, 7) is 2.41. The summed E-state index contributed by atoms with van der Waals surface area (Å²) in [5, 5.41) is 3.67. The second kappa shape index (κ2) is 8.62. The number of rotatable bonds is 5. The summed E-state index contributed by atoms with van der Waals surface area (Å²) in [5.41, 5.74) is 8.13. The molecule has 0 amide bonds. The van der Waals surface area contributed by atoms with E-state index in [1.807, 2.05) is 30.3 Å². The Hall–Kier alpha value is -2.40. The van der Waals surface area contributed by atoms with Gasteiger partial charge in [0.2, 0.25) is 0 Å². The van der Waals surface area contributed by atoms with Crippen molar-refractivity contribution in [2.45, 2.75) is 19.4 Å². The lowest BCUT2D eigenvalue weighted by Gasteiger charge is -2.11. The van der Waals surface area contributed by atoms with Crippen LogP contribution in [0, 0.1) is 0 Å².